The van der Waals surface area contributed by atoms with E-state index in [-0.39, 0.29) is 123 Å². The van der Waals surface area contributed by atoms with Crippen LogP contribution in [0.5, 0.6) is 0 Å². The Kier molecular flexibility index (Phi) is 48.7. The maximum Gasteiger partial charge on any atom is 1.00 e. The molecular formula is C37H75BrK2N4O13. The van der Waals surface area contributed by atoms with Gasteiger partial charge in [0.1, 0.15) is 11.2 Å². The van der Waals surface area contributed by atoms with Gasteiger partial charge in [-0.2, -0.15) is 0 Å². The molecular weight excluding hydrogens is 867 g/mol. The second-order valence-electron chi connectivity index (χ2n) is 14.5. The first-order valence-corrected chi connectivity index (χ1v) is 20.1. The molecule has 2 fully saturated rings. The van der Waals surface area contributed by atoms with Crippen LogP contribution in [0.25, 0.3) is 0 Å². The Labute approximate surface area is 438 Å². The van der Waals surface area contributed by atoms with Crippen LogP contribution in [0.3, 0.4) is 0 Å². The summed E-state index contributed by atoms with van der Waals surface area (Å²) in [6.45, 7) is 21.6. The van der Waals surface area contributed by atoms with Crippen LogP contribution in [0.1, 0.15) is 68.7 Å². The molecule has 17 nitrogen and oxygen atoms in total. The predicted octanol–water partition coefficient (Wildman–Crippen LogP) is -2.78. The summed E-state index contributed by atoms with van der Waals surface area (Å²) in [5, 5.41) is 12.5. The van der Waals surface area contributed by atoms with Gasteiger partial charge in [0.25, 0.3) is 6.47 Å². The third-order valence-corrected chi connectivity index (χ3v) is 8.07. The Morgan fingerprint density at radius 1 is 0.719 bits per heavy atom. The quantitative estimate of drug-likeness (QED) is 0.0331. The summed E-state index contributed by atoms with van der Waals surface area (Å²) in [6.07, 6.45) is 3.57. The predicted molar refractivity (Wildman–Crippen MR) is 212 cm³/mol. The standard InChI is InChI=1S/C18H36N2O5.C11H22N2O2.C7H15BrO3.CH2O3.2K.H/c1-18(2,3)25-17(21)20-8-6-16(7-9-20)19(4)10-11-23-14-15-24-13-12-22-5;1-11(2,3)15-10(14)13-7-5-9(12-4)6-8-13;1-9-4-5-11-7-6-10-3-2-8;2-1-4-3;;;/h16H,6-15H2,1-5H3;9,12H,5-8H2,1-4H3;2-7H2,1H3;1,3H;;;/q;;;;2*+1;-1/p-1. The van der Waals surface area contributed by atoms with E-state index in [0.29, 0.717) is 71.5 Å². The van der Waals surface area contributed by atoms with Gasteiger partial charge in [0.2, 0.25) is 0 Å². The third kappa shape index (κ3) is 42.5. The summed E-state index contributed by atoms with van der Waals surface area (Å²) in [5.41, 5.74) is -0.827. The minimum Gasteiger partial charge on any atom is -1.00 e. The average molecular weight is 942 g/mol. The van der Waals surface area contributed by atoms with Crippen molar-refractivity contribution in [3.05, 3.63) is 0 Å². The van der Waals surface area contributed by atoms with Gasteiger partial charge in [-0.25, -0.2) is 9.59 Å². The Bertz CT molecular complexity index is 924. The third-order valence-electron chi connectivity index (χ3n) is 7.75. The first kappa shape index (κ1) is 65.0. The van der Waals surface area contributed by atoms with E-state index in [1.54, 1.807) is 19.1 Å². The number of carbonyl (C=O) groups excluding carboxylic acids is 3. The zero-order chi connectivity index (χ0) is 42.0. The van der Waals surface area contributed by atoms with Crippen molar-refractivity contribution < 1.29 is 167 Å². The number of piperidine rings is 2. The van der Waals surface area contributed by atoms with Crippen molar-refractivity contribution in [1.82, 2.24) is 20.0 Å². The number of likely N-dealkylation sites (N-methyl/N-ethyl adjacent to an activating group) is 1. The van der Waals surface area contributed by atoms with Crippen LogP contribution >= 0.6 is 15.9 Å². The number of rotatable bonds is 20. The molecule has 2 heterocycles. The van der Waals surface area contributed by atoms with E-state index in [0.717, 1.165) is 70.3 Å². The molecule has 2 aliphatic heterocycles. The number of likely N-dealkylation sites (tertiary alicyclic amines) is 2. The molecule has 2 saturated heterocycles. The van der Waals surface area contributed by atoms with Gasteiger partial charge in [0, 0.05) is 64.4 Å². The van der Waals surface area contributed by atoms with E-state index < -0.39 is 11.2 Å². The van der Waals surface area contributed by atoms with Crippen molar-refractivity contribution in [3.8, 4) is 0 Å². The molecule has 1 N–H and O–H groups in total. The van der Waals surface area contributed by atoms with E-state index in [1.807, 2.05) is 53.5 Å². The number of hydrogen-bond donors (Lipinski definition) is 1. The van der Waals surface area contributed by atoms with E-state index >= 15 is 0 Å². The molecule has 0 aromatic carbocycles. The van der Waals surface area contributed by atoms with Crippen molar-refractivity contribution in [2.24, 2.45) is 0 Å². The molecule has 330 valence electrons. The Balaban J connectivity index is -0.000000243. The topological polar surface area (TPSA) is 179 Å². The van der Waals surface area contributed by atoms with Gasteiger partial charge >= 0.3 is 115 Å². The number of amides is 2. The molecule has 2 aliphatic rings. The first-order chi connectivity index (χ1) is 26.1. The fourth-order valence-corrected chi connectivity index (χ4v) is 5.10. The minimum absolute atomic E-state index is 0. The van der Waals surface area contributed by atoms with E-state index in [9.17, 15) is 9.59 Å². The van der Waals surface area contributed by atoms with Crippen molar-refractivity contribution in [3.63, 3.8) is 0 Å². The molecule has 0 atom stereocenters. The van der Waals surface area contributed by atoms with Crippen LogP contribution in [0.15, 0.2) is 0 Å². The smallest absolute Gasteiger partial charge is 1.00 e. The minimum atomic E-state index is -0.435. The molecule has 2 rings (SSSR count). The maximum absolute atomic E-state index is 12.1. The fraction of sp³-hybridized carbons (Fsp3) is 0.919. The summed E-state index contributed by atoms with van der Waals surface area (Å²) in [4.78, 5) is 40.9. The Morgan fingerprint density at radius 2 is 1.07 bits per heavy atom. The van der Waals surface area contributed by atoms with E-state index in [1.165, 1.54) is 0 Å². The largest absolute Gasteiger partial charge is 1.00 e. The number of nitrogens with zero attached hydrogens (tertiary/aromatic N) is 3. The summed E-state index contributed by atoms with van der Waals surface area (Å²) in [6, 6.07) is 1.03. The van der Waals surface area contributed by atoms with Crippen LogP contribution in [-0.4, -0.2) is 189 Å². The summed E-state index contributed by atoms with van der Waals surface area (Å²) >= 11 is 3.26. The average Bonchev–Trinajstić information content (AvgIpc) is 3.15. The molecule has 0 unspecified atom stereocenters. The summed E-state index contributed by atoms with van der Waals surface area (Å²) in [7, 11) is 7.40. The van der Waals surface area contributed by atoms with Crippen LogP contribution in [-0.2, 0) is 47.6 Å². The number of halogens is 1. The van der Waals surface area contributed by atoms with Gasteiger partial charge < -0.3 is 69.5 Å². The van der Waals surface area contributed by atoms with Crippen LogP contribution in [0.4, 0.5) is 9.59 Å². The monoisotopic (exact) mass is 940 g/mol. The number of alkyl halides is 1. The first-order valence-electron chi connectivity index (χ1n) is 19.0. The van der Waals surface area contributed by atoms with E-state index in [4.69, 9.17) is 47.9 Å². The van der Waals surface area contributed by atoms with Gasteiger partial charge in [0.05, 0.1) is 66.1 Å². The van der Waals surface area contributed by atoms with Crippen LogP contribution < -0.4 is 113 Å². The van der Waals surface area contributed by atoms with Crippen LogP contribution in [0, 0.1) is 0 Å². The second-order valence-corrected chi connectivity index (χ2v) is 15.3. The summed E-state index contributed by atoms with van der Waals surface area (Å²) < 4.78 is 41.7. The SMILES string of the molecule is CNC1CCN(C(=O)OC(C)(C)C)CC1.COCCOCCOCCBr.COCCOCCOCCN(C)C1CCN(C(=O)OC(C)(C)C)CC1.O=CO[O-].[H-].[K+].[K+]. The number of nitrogens with one attached hydrogen (secondary N) is 1. The zero-order valence-corrected chi connectivity index (χ0v) is 45.2. The van der Waals surface area contributed by atoms with Gasteiger partial charge in [-0.15, -0.1) is 0 Å². The molecule has 0 aromatic heterocycles. The van der Waals surface area contributed by atoms with Crippen LogP contribution in [0.2, 0.25) is 0 Å². The summed E-state index contributed by atoms with van der Waals surface area (Å²) in [5.74, 6) is 0. The van der Waals surface area contributed by atoms with Crippen molar-refractivity contribution in [2.75, 3.05) is 132 Å². The van der Waals surface area contributed by atoms with Gasteiger partial charge in [-0.3, -0.25) is 4.79 Å². The zero-order valence-electron chi connectivity index (χ0n) is 38.4. The number of carbonyl (C=O) groups is 3. The molecule has 0 spiro atoms. The number of ether oxygens (including phenoxy) is 8. The Morgan fingerprint density at radius 3 is 1.40 bits per heavy atom. The van der Waals surface area contributed by atoms with Crippen molar-refractivity contribution in [2.45, 2.75) is 90.5 Å². The number of methoxy groups -OCH3 is 2. The van der Waals surface area contributed by atoms with Crippen molar-refractivity contribution in [1.29, 1.82) is 0 Å². The van der Waals surface area contributed by atoms with Gasteiger partial charge in [0.15, 0.2) is 0 Å². The fourth-order valence-electron chi connectivity index (χ4n) is 4.87. The normalized spacial score (nSPS) is 14.6. The van der Waals surface area contributed by atoms with Gasteiger partial charge in [-0.1, -0.05) is 15.9 Å². The second kappa shape index (κ2) is 42.7. The Hall–Kier alpha value is 1.40. The molecule has 2 amide bonds. The van der Waals surface area contributed by atoms with Crippen molar-refractivity contribution >= 4 is 34.6 Å². The number of hydrogen-bond acceptors (Lipinski definition) is 15. The molecule has 57 heavy (non-hydrogen) atoms. The molecule has 0 radical (unpaired) electrons. The molecule has 0 saturated carbocycles. The molecule has 0 aromatic rings. The molecule has 0 aliphatic carbocycles. The molecule has 0 bridgehead atoms. The van der Waals surface area contributed by atoms with E-state index in [2.05, 4.69) is 38.1 Å². The maximum atomic E-state index is 12.1. The molecule has 20 heteroatoms. The van der Waals surface area contributed by atoms with Gasteiger partial charge in [-0.05, 0) is 81.3 Å².